The van der Waals surface area contributed by atoms with Crippen molar-refractivity contribution in [2.24, 2.45) is 0 Å². The highest BCUT2D eigenvalue weighted by atomic mass is 16.5. The number of aromatic nitrogens is 3. The quantitative estimate of drug-likeness (QED) is 0.697. The van der Waals surface area contributed by atoms with Gasteiger partial charge in [0.1, 0.15) is 11.6 Å². The second kappa shape index (κ2) is 8.20. The Balaban J connectivity index is 1.56. The number of nitrogens with zero attached hydrogens (tertiary/aromatic N) is 3. The molecule has 0 unspecified atom stereocenters. The summed E-state index contributed by atoms with van der Waals surface area (Å²) in [5.41, 5.74) is 3.02. The Morgan fingerprint density at radius 2 is 2.00 bits per heavy atom. The fraction of sp³-hybridized carbons (Fsp3) is 0.381. The molecule has 0 radical (unpaired) electrons. The molecular formula is C21H26N4O2. The number of hydrogen-bond donors (Lipinski definition) is 1. The van der Waals surface area contributed by atoms with Crippen molar-refractivity contribution in [3.05, 3.63) is 59.5 Å². The molecule has 1 amide bonds. The van der Waals surface area contributed by atoms with Crippen molar-refractivity contribution in [3.8, 4) is 5.75 Å². The van der Waals surface area contributed by atoms with E-state index in [1.807, 2.05) is 47.9 Å². The molecule has 142 valence electrons. The van der Waals surface area contributed by atoms with Crippen LogP contribution in [0.15, 0.2) is 42.6 Å². The van der Waals surface area contributed by atoms with Crippen molar-refractivity contribution in [2.45, 2.75) is 46.1 Å². The smallest absolute Gasteiger partial charge is 0.260 e. The zero-order valence-corrected chi connectivity index (χ0v) is 16.3. The van der Waals surface area contributed by atoms with Crippen LogP contribution in [0, 0.1) is 6.92 Å². The van der Waals surface area contributed by atoms with Crippen LogP contribution in [-0.4, -0.2) is 33.2 Å². The average molecular weight is 366 g/mol. The van der Waals surface area contributed by atoms with Gasteiger partial charge in [0.15, 0.2) is 11.8 Å². The summed E-state index contributed by atoms with van der Waals surface area (Å²) in [4.78, 5) is 12.4. The minimum atomic E-state index is -0.568. The summed E-state index contributed by atoms with van der Waals surface area (Å²) >= 11 is 0. The predicted octanol–water partition coefficient (Wildman–Crippen LogP) is 3.29. The first-order valence-corrected chi connectivity index (χ1v) is 9.29. The molecule has 0 aliphatic heterocycles. The topological polar surface area (TPSA) is 68.5 Å². The van der Waals surface area contributed by atoms with Gasteiger partial charge in [-0.25, -0.2) is 0 Å². The number of aryl methyl sites for hydroxylation is 1. The highest BCUT2D eigenvalue weighted by Crippen LogP contribution is 2.25. The van der Waals surface area contributed by atoms with Gasteiger partial charge in [-0.2, -0.15) is 0 Å². The first kappa shape index (κ1) is 18.9. The summed E-state index contributed by atoms with van der Waals surface area (Å²) < 4.78 is 7.83. The monoisotopic (exact) mass is 366 g/mol. The van der Waals surface area contributed by atoms with Gasteiger partial charge in [-0.15, -0.1) is 10.2 Å². The Morgan fingerprint density at radius 1 is 1.19 bits per heavy atom. The lowest BCUT2D eigenvalue weighted by Crippen LogP contribution is -2.37. The summed E-state index contributed by atoms with van der Waals surface area (Å²) in [5, 5.41) is 11.2. The highest BCUT2D eigenvalue weighted by Gasteiger charge is 2.16. The van der Waals surface area contributed by atoms with E-state index < -0.39 is 6.10 Å². The zero-order chi connectivity index (χ0) is 19.4. The predicted molar refractivity (Wildman–Crippen MR) is 105 cm³/mol. The molecule has 0 saturated carbocycles. The molecule has 27 heavy (non-hydrogen) atoms. The van der Waals surface area contributed by atoms with Gasteiger partial charge in [-0.1, -0.05) is 32.0 Å². The standard InChI is InChI=1S/C21H26N4O2/c1-14(2)17-9-8-15(3)18(13-17)27-16(4)21(26)22-11-10-20-24-23-19-7-5-6-12-25(19)20/h5-9,12-14,16H,10-11H2,1-4H3,(H,22,26)/t16-/m0/s1. The van der Waals surface area contributed by atoms with E-state index in [2.05, 4.69) is 35.4 Å². The third-order valence-corrected chi connectivity index (χ3v) is 4.58. The molecular weight excluding hydrogens is 340 g/mol. The third kappa shape index (κ3) is 4.45. The van der Waals surface area contributed by atoms with Crippen LogP contribution in [0.2, 0.25) is 0 Å². The Labute approximate surface area is 159 Å². The molecule has 2 aromatic heterocycles. The van der Waals surface area contributed by atoms with Crippen molar-refractivity contribution >= 4 is 11.6 Å². The maximum Gasteiger partial charge on any atom is 0.260 e. The van der Waals surface area contributed by atoms with E-state index in [9.17, 15) is 4.79 Å². The molecule has 6 nitrogen and oxygen atoms in total. The number of ether oxygens (including phenoxy) is 1. The van der Waals surface area contributed by atoms with Gasteiger partial charge in [-0.3, -0.25) is 9.20 Å². The number of carbonyl (C=O) groups excluding carboxylic acids is 1. The molecule has 2 heterocycles. The van der Waals surface area contributed by atoms with Gasteiger partial charge < -0.3 is 10.1 Å². The molecule has 1 aromatic carbocycles. The lowest BCUT2D eigenvalue weighted by molar-refractivity contribution is -0.127. The molecule has 0 aliphatic rings. The number of fused-ring (bicyclic) bond motifs is 1. The van der Waals surface area contributed by atoms with E-state index in [1.54, 1.807) is 6.92 Å². The lowest BCUT2D eigenvalue weighted by Gasteiger charge is -2.18. The van der Waals surface area contributed by atoms with Gasteiger partial charge in [0.2, 0.25) is 0 Å². The average Bonchev–Trinajstić information content (AvgIpc) is 3.06. The van der Waals surface area contributed by atoms with Crippen LogP contribution >= 0.6 is 0 Å². The second-order valence-electron chi connectivity index (χ2n) is 7.03. The number of amides is 1. The van der Waals surface area contributed by atoms with Crippen molar-refractivity contribution in [2.75, 3.05) is 6.54 Å². The van der Waals surface area contributed by atoms with Gasteiger partial charge in [-0.05, 0) is 49.1 Å². The van der Waals surface area contributed by atoms with E-state index >= 15 is 0 Å². The Hall–Kier alpha value is -2.89. The van der Waals surface area contributed by atoms with Crippen molar-refractivity contribution in [1.82, 2.24) is 19.9 Å². The third-order valence-electron chi connectivity index (χ3n) is 4.58. The summed E-state index contributed by atoms with van der Waals surface area (Å²) in [7, 11) is 0. The largest absolute Gasteiger partial charge is 0.481 e. The maximum atomic E-state index is 12.4. The normalized spacial score (nSPS) is 12.3. The molecule has 3 rings (SSSR count). The SMILES string of the molecule is Cc1ccc(C(C)C)cc1O[C@@H](C)C(=O)NCCc1nnc2ccccn12. The molecule has 3 aromatic rings. The lowest BCUT2D eigenvalue weighted by atomic mass is 10.0. The number of hydrogen-bond acceptors (Lipinski definition) is 4. The highest BCUT2D eigenvalue weighted by molar-refractivity contribution is 5.80. The molecule has 0 saturated heterocycles. The molecule has 1 N–H and O–H groups in total. The summed E-state index contributed by atoms with van der Waals surface area (Å²) in [5.74, 6) is 1.85. The molecule has 0 spiro atoms. The van der Waals surface area contributed by atoms with Crippen molar-refractivity contribution in [3.63, 3.8) is 0 Å². The second-order valence-corrected chi connectivity index (χ2v) is 7.03. The van der Waals surface area contributed by atoms with Crippen molar-refractivity contribution < 1.29 is 9.53 Å². The summed E-state index contributed by atoms with van der Waals surface area (Å²) in [6.07, 6.45) is 1.95. The van der Waals surface area contributed by atoms with Gasteiger partial charge in [0, 0.05) is 19.2 Å². The number of rotatable bonds is 7. The van der Waals surface area contributed by atoms with E-state index in [0.29, 0.717) is 18.9 Å². The maximum absolute atomic E-state index is 12.4. The number of benzene rings is 1. The van der Waals surface area contributed by atoms with E-state index in [-0.39, 0.29) is 5.91 Å². The van der Waals surface area contributed by atoms with Crippen LogP contribution in [-0.2, 0) is 11.2 Å². The Kier molecular flexibility index (Phi) is 5.74. The van der Waals surface area contributed by atoms with Crippen LogP contribution < -0.4 is 10.1 Å². The van der Waals surface area contributed by atoms with Crippen LogP contribution in [0.4, 0.5) is 0 Å². The molecule has 0 bridgehead atoms. The molecule has 0 aliphatic carbocycles. The molecule has 1 atom stereocenters. The van der Waals surface area contributed by atoms with Gasteiger partial charge in [0.25, 0.3) is 5.91 Å². The van der Waals surface area contributed by atoms with Crippen LogP contribution in [0.1, 0.15) is 43.6 Å². The van der Waals surface area contributed by atoms with Crippen LogP contribution in [0.3, 0.4) is 0 Å². The fourth-order valence-electron chi connectivity index (χ4n) is 2.85. The number of pyridine rings is 1. The Morgan fingerprint density at radius 3 is 2.78 bits per heavy atom. The van der Waals surface area contributed by atoms with Crippen LogP contribution in [0.25, 0.3) is 5.65 Å². The fourth-order valence-corrected chi connectivity index (χ4v) is 2.85. The van der Waals surface area contributed by atoms with E-state index in [1.165, 1.54) is 5.56 Å². The van der Waals surface area contributed by atoms with E-state index in [0.717, 1.165) is 22.8 Å². The molecule has 0 fully saturated rings. The summed E-state index contributed by atoms with van der Waals surface area (Å²) in [6.45, 7) is 8.51. The van der Waals surface area contributed by atoms with Crippen LogP contribution in [0.5, 0.6) is 5.75 Å². The number of nitrogens with one attached hydrogen (secondary N) is 1. The van der Waals surface area contributed by atoms with Gasteiger partial charge >= 0.3 is 0 Å². The zero-order valence-electron chi connectivity index (χ0n) is 16.3. The van der Waals surface area contributed by atoms with Crippen molar-refractivity contribution in [1.29, 1.82) is 0 Å². The minimum Gasteiger partial charge on any atom is -0.481 e. The molecule has 6 heteroatoms. The summed E-state index contributed by atoms with van der Waals surface area (Å²) in [6, 6.07) is 11.9. The first-order valence-electron chi connectivity index (χ1n) is 9.29. The minimum absolute atomic E-state index is 0.141. The Bertz CT molecular complexity index is 933. The number of carbonyl (C=O) groups is 1. The van der Waals surface area contributed by atoms with Gasteiger partial charge in [0.05, 0.1) is 0 Å². The first-order chi connectivity index (χ1) is 13.0. The van der Waals surface area contributed by atoms with E-state index in [4.69, 9.17) is 4.74 Å².